The van der Waals surface area contributed by atoms with Gasteiger partial charge in [-0.15, -0.1) is 0 Å². The van der Waals surface area contributed by atoms with Crippen LogP contribution in [0.3, 0.4) is 0 Å². The largest absolute Gasteiger partial charge is 0.467 e. The molecule has 2 rings (SSSR count). The van der Waals surface area contributed by atoms with Gasteiger partial charge in [-0.3, -0.25) is 9.79 Å². The maximum Gasteiger partial charge on any atom is 0.239 e. The first-order valence-electron chi connectivity index (χ1n) is 8.51. The molecule has 0 saturated carbocycles. The van der Waals surface area contributed by atoms with Crippen LogP contribution in [0.2, 0.25) is 5.02 Å². The molecule has 2 aromatic rings. The minimum Gasteiger partial charge on any atom is -0.467 e. The van der Waals surface area contributed by atoms with Crippen LogP contribution in [0.25, 0.3) is 0 Å². The Balaban J connectivity index is 1.82. The maximum absolute atomic E-state index is 13.3. The Bertz CT molecular complexity index is 791. The lowest BCUT2D eigenvalue weighted by atomic mass is 9.84. The van der Waals surface area contributed by atoms with Crippen molar-refractivity contribution in [2.45, 2.75) is 25.8 Å². The molecule has 0 radical (unpaired) electrons. The van der Waals surface area contributed by atoms with Gasteiger partial charge in [0.2, 0.25) is 5.91 Å². The van der Waals surface area contributed by atoms with Gasteiger partial charge >= 0.3 is 0 Å². The van der Waals surface area contributed by atoms with E-state index in [1.165, 1.54) is 12.1 Å². The lowest BCUT2D eigenvalue weighted by Crippen LogP contribution is -2.46. The van der Waals surface area contributed by atoms with Crippen molar-refractivity contribution >= 4 is 23.5 Å². The predicted octanol–water partition coefficient (Wildman–Crippen LogP) is 2.83. The number of hydrogen-bond acceptors (Lipinski definition) is 3. The summed E-state index contributed by atoms with van der Waals surface area (Å²) in [6.07, 6.45) is 1.56. The first-order valence-corrected chi connectivity index (χ1v) is 8.89. The van der Waals surface area contributed by atoms with Crippen molar-refractivity contribution in [3.8, 4) is 0 Å². The summed E-state index contributed by atoms with van der Waals surface area (Å²) in [4.78, 5) is 16.0. The molecular formula is C19H24ClFN4O2. The lowest BCUT2D eigenvalue weighted by molar-refractivity contribution is -0.120. The van der Waals surface area contributed by atoms with Crippen LogP contribution in [0, 0.1) is 5.82 Å². The van der Waals surface area contributed by atoms with Crippen LogP contribution >= 0.6 is 11.6 Å². The van der Waals surface area contributed by atoms with E-state index in [0.717, 1.165) is 5.56 Å². The summed E-state index contributed by atoms with van der Waals surface area (Å²) in [5.74, 6) is 0.610. The van der Waals surface area contributed by atoms with E-state index in [2.05, 4.69) is 20.9 Å². The topological polar surface area (TPSA) is 78.7 Å². The highest BCUT2D eigenvalue weighted by Gasteiger charge is 2.24. The van der Waals surface area contributed by atoms with Gasteiger partial charge in [0.15, 0.2) is 5.96 Å². The Hall–Kier alpha value is -2.54. The molecule has 146 valence electrons. The fourth-order valence-corrected chi connectivity index (χ4v) is 2.91. The number of halogens is 2. The zero-order valence-electron chi connectivity index (χ0n) is 15.6. The van der Waals surface area contributed by atoms with Crippen LogP contribution in [0.5, 0.6) is 0 Å². The van der Waals surface area contributed by atoms with Crippen molar-refractivity contribution in [2.24, 2.45) is 4.99 Å². The summed E-state index contributed by atoms with van der Waals surface area (Å²) in [5.41, 5.74) is 0.453. The molecule has 0 unspecified atom stereocenters. The number of rotatable bonds is 7. The average molecular weight is 395 g/mol. The molecule has 0 spiro atoms. The maximum atomic E-state index is 13.3. The molecule has 1 amide bonds. The highest BCUT2D eigenvalue weighted by molar-refractivity contribution is 6.31. The molecule has 0 fully saturated rings. The van der Waals surface area contributed by atoms with Gasteiger partial charge in [0.1, 0.15) is 11.6 Å². The Labute approximate surface area is 163 Å². The molecule has 0 aliphatic carbocycles. The van der Waals surface area contributed by atoms with Crippen molar-refractivity contribution < 1.29 is 13.6 Å². The summed E-state index contributed by atoms with van der Waals surface area (Å²) in [7, 11) is 1.62. The molecule has 27 heavy (non-hydrogen) atoms. The normalized spacial score (nSPS) is 12.0. The number of amides is 1. The minimum absolute atomic E-state index is 0.0676. The van der Waals surface area contributed by atoms with Gasteiger partial charge in [-0.05, 0) is 29.8 Å². The van der Waals surface area contributed by atoms with Crippen molar-refractivity contribution in [2.75, 3.05) is 20.1 Å². The van der Waals surface area contributed by atoms with E-state index >= 15 is 0 Å². The van der Waals surface area contributed by atoms with Crippen molar-refractivity contribution in [1.29, 1.82) is 0 Å². The van der Waals surface area contributed by atoms with E-state index in [0.29, 0.717) is 29.8 Å². The van der Waals surface area contributed by atoms with E-state index in [1.807, 2.05) is 13.8 Å². The van der Waals surface area contributed by atoms with Crippen LogP contribution < -0.4 is 16.0 Å². The average Bonchev–Trinajstić information content (AvgIpc) is 3.13. The third-order valence-electron chi connectivity index (χ3n) is 4.04. The van der Waals surface area contributed by atoms with Crippen LogP contribution in [0.15, 0.2) is 46.0 Å². The Morgan fingerprint density at radius 1 is 1.26 bits per heavy atom. The highest BCUT2D eigenvalue weighted by Crippen LogP contribution is 2.29. The van der Waals surface area contributed by atoms with E-state index < -0.39 is 0 Å². The fraction of sp³-hybridized carbons (Fsp3) is 0.368. The van der Waals surface area contributed by atoms with Crippen molar-refractivity contribution in [3.05, 3.63) is 58.8 Å². The molecule has 0 atom stereocenters. The predicted molar refractivity (Wildman–Crippen MR) is 104 cm³/mol. The molecule has 1 aromatic carbocycles. The zero-order valence-corrected chi connectivity index (χ0v) is 16.4. The third-order valence-corrected chi connectivity index (χ3v) is 4.35. The van der Waals surface area contributed by atoms with Gasteiger partial charge in [-0.25, -0.2) is 4.39 Å². The van der Waals surface area contributed by atoms with Gasteiger partial charge in [0.05, 0.1) is 19.4 Å². The Morgan fingerprint density at radius 3 is 2.67 bits per heavy atom. The van der Waals surface area contributed by atoms with Gasteiger partial charge in [-0.1, -0.05) is 31.5 Å². The number of hydrogen-bond donors (Lipinski definition) is 3. The number of benzene rings is 1. The zero-order chi connectivity index (χ0) is 19.9. The third kappa shape index (κ3) is 6.29. The van der Waals surface area contributed by atoms with Crippen LogP contribution in [-0.2, 0) is 16.8 Å². The van der Waals surface area contributed by atoms with Crippen molar-refractivity contribution in [1.82, 2.24) is 16.0 Å². The molecule has 6 nitrogen and oxygen atoms in total. The first-order chi connectivity index (χ1) is 12.8. The van der Waals surface area contributed by atoms with Gasteiger partial charge in [0, 0.05) is 24.0 Å². The smallest absolute Gasteiger partial charge is 0.239 e. The number of carbonyl (C=O) groups is 1. The molecule has 0 aliphatic rings. The molecule has 1 aromatic heterocycles. The Kier molecular flexibility index (Phi) is 7.24. The quantitative estimate of drug-likeness (QED) is 0.498. The van der Waals surface area contributed by atoms with Gasteiger partial charge in [-0.2, -0.15) is 0 Å². The number of guanidine groups is 1. The molecule has 8 heteroatoms. The van der Waals surface area contributed by atoms with Gasteiger partial charge in [0.25, 0.3) is 0 Å². The number of nitrogens with zero attached hydrogens (tertiary/aromatic N) is 1. The number of carbonyl (C=O) groups excluding carboxylic acids is 1. The molecule has 1 heterocycles. The van der Waals surface area contributed by atoms with Gasteiger partial charge < -0.3 is 20.4 Å². The van der Waals surface area contributed by atoms with E-state index in [4.69, 9.17) is 16.0 Å². The summed E-state index contributed by atoms with van der Waals surface area (Å²) in [5, 5.41) is 9.23. The van der Waals surface area contributed by atoms with E-state index in [-0.39, 0.29) is 23.7 Å². The monoisotopic (exact) mass is 394 g/mol. The molecule has 3 N–H and O–H groups in total. The fourth-order valence-electron chi connectivity index (χ4n) is 2.48. The Morgan fingerprint density at radius 2 is 2.04 bits per heavy atom. The van der Waals surface area contributed by atoms with Crippen molar-refractivity contribution in [3.63, 3.8) is 0 Å². The minimum atomic E-state index is -0.371. The van der Waals surface area contributed by atoms with Crippen LogP contribution in [-0.4, -0.2) is 32.0 Å². The molecule has 0 saturated heterocycles. The second-order valence-corrected chi connectivity index (χ2v) is 7.05. The summed E-state index contributed by atoms with van der Waals surface area (Å²) < 4.78 is 18.4. The van der Waals surface area contributed by atoms with Crippen LogP contribution in [0.4, 0.5) is 4.39 Å². The highest BCUT2D eigenvalue weighted by atomic mass is 35.5. The second kappa shape index (κ2) is 9.41. The standard InChI is InChI=1S/C19H24ClFN4O2/c1-19(2,15-7-6-13(21)9-16(15)20)12-25-18(22-3)24-11-17(26)23-10-14-5-4-8-27-14/h4-9H,10-12H2,1-3H3,(H,23,26)(H2,22,24,25). The summed E-state index contributed by atoms with van der Waals surface area (Å²) in [6, 6.07) is 7.92. The van der Waals surface area contributed by atoms with E-state index in [1.54, 1.807) is 31.5 Å². The first kappa shape index (κ1) is 20.8. The number of aliphatic imine (C=N–C) groups is 1. The lowest BCUT2D eigenvalue weighted by Gasteiger charge is -2.27. The van der Waals surface area contributed by atoms with E-state index in [9.17, 15) is 9.18 Å². The van der Waals surface area contributed by atoms with Crippen LogP contribution in [0.1, 0.15) is 25.2 Å². The molecular weight excluding hydrogens is 371 g/mol. The number of nitrogens with one attached hydrogen (secondary N) is 3. The molecule has 0 bridgehead atoms. The summed E-state index contributed by atoms with van der Waals surface area (Å²) in [6.45, 7) is 4.87. The number of furan rings is 1. The summed E-state index contributed by atoms with van der Waals surface area (Å²) >= 11 is 6.17. The second-order valence-electron chi connectivity index (χ2n) is 6.64. The molecule has 0 aliphatic heterocycles. The SMILES string of the molecule is CN=C(NCC(=O)NCc1ccco1)NCC(C)(C)c1ccc(F)cc1Cl.